The van der Waals surface area contributed by atoms with Crippen LogP contribution in [-0.4, -0.2) is 0 Å². The second-order valence-corrected chi connectivity index (χ2v) is 9.05. The Hall–Kier alpha value is -0.380. The molecule has 0 saturated heterocycles. The zero-order chi connectivity index (χ0) is 13.9. The molecule has 0 atom stereocenters. The van der Waals surface area contributed by atoms with Gasteiger partial charge in [-0.25, -0.2) is 0 Å². The lowest BCUT2D eigenvalue weighted by molar-refractivity contribution is 0.609. The molecule has 0 radical (unpaired) electrons. The standard InChI is InChI=1S/C17H22S3/c1-3-4-5-6-7-8-9-13-11-15-17(19-13)16-14(20-15)10-12(2)18-16/h10-11H,3-9H2,1-2H3. The SMILES string of the molecule is CCCCCCCCc1cc2sc3cc(C)sc3c2s1. The number of hydrogen-bond acceptors (Lipinski definition) is 3. The largest absolute Gasteiger partial charge is 0.138 e. The quantitative estimate of drug-likeness (QED) is 0.398. The summed E-state index contributed by atoms with van der Waals surface area (Å²) in [5.41, 5.74) is 0. The molecule has 0 unspecified atom stereocenters. The van der Waals surface area contributed by atoms with E-state index in [1.165, 1.54) is 63.9 Å². The van der Waals surface area contributed by atoms with Gasteiger partial charge in [0.2, 0.25) is 0 Å². The van der Waals surface area contributed by atoms with E-state index in [4.69, 9.17) is 0 Å². The number of hydrogen-bond donors (Lipinski definition) is 0. The Labute approximate surface area is 133 Å². The van der Waals surface area contributed by atoms with Gasteiger partial charge in [-0.05, 0) is 31.9 Å². The van der Waals surface area contributed by atoms with Gasteiger partial charge in [0.15, 0.2) is 0 Å². The van der Waals surface area contributed by atoms with Crippen molar-refractivity contribution in [1.29, 1.82) is 0 Å². The molecule has 0 nitrogen and oxygen atoms in total. The molecule has 0 fully saturated rings. The van der Waals surface area contributed by atoms with E-state index < -0.39 is 0 Å². The maximum Gasteiger partial charge on any atom is 0.0632 e. The van der Waals surface area contributed by atoms with Crippen molar-refractivity contribution in [2.45, 2.75) is 58.8 Å². The van der Waals surface area contributed by atoms with Crippen molar-refractivity contribution in [2.75, 3.05) is 0 Å². The molecule has 0 bridgehead atoms. The van der Waals surface area contributed by atoms with E-state index in [2.05, 4.69) is 26.0 Å². The first-order valence-electron chi connectivity index (χ1n) is 7.69. The lowest BCUT2D eigenvalue weighted by atomic mass is 10.1. The van der Waals surface area contributed by atoms with Gasteiger partial charge < -0.3 is 0 Å². The van der Waals surface area contributed by atoms with Crippen LogP contribution in [0.15, 0.2) is 12.1 Å². The van der Waals surface area contributed by atoms with Crippen molar-refractivity contribution in [3.63, 3.8) is 0 Å². The van der Waals surface area contributed by atoms with Crippen LogP contribution < -0.4 is 0 Å². The van der Waals surface area contributed by atoms with Crippen LogP contribution in [0.25, 0.3) is 18.8 Å². The Bertz CT molecular complexity index is 684. The van der Waals surface area contributed by atoms with Crippen LogP contribution in [0.1, 0.15) is 55.2 Å². The van der Waals surface area contributed by atoms with Gasteiger partial charge in [-0.2, -0.15) is 0 Å². The lowest BCUT2D eigenvalue weighted by Gasteiger charge is -1.99. The molecule has 3 heteroatoms. The zero-order valence-electron chi connectivity index (χ0n) is 12.3. The first kappa shape index (κ1) is 14.6. The van der Waals surface area contributed by atoms with E-state index in [1.54, 1.807) is 9.58 Å². The molecule has 0 aliphatic carbocycles. The van der Waals surface area contributed by atoms with Gasteiger partial charge >= 0.3 is 0 Å². The first-order valence-corrected chi connectivity index (χ1v) is 10.1. The molecule has 0 amide bonds. The van der Waals surface area contributed by atoms with Crippen molar-refractivity contribution in [2.24, 2.45) is 0 Å². The smallest absolute Gasteiger partial charge is 0.0632 e. The fourth-order valence-electron chi connectivity index (χ4n) is 2.70. The molecule has 0 aliphatic rings. The molecule has 3 heterocycles. The van der Waals surface area contributed by atoms with E-state index in [0.29, 0.717) is 0 Å². The van der Waals surface area contributed by atoms with Crippen molar-refractivity contribution < 1.29 is 0 Å². The highest BCUT2D eigenvalue weighted by atomic mass is 32.1. The number of aryl methyl sites for hydroxylation is 2. The minimum absolute atomic E-state index is 1.28. The molecule has 3 aromatic rings. The number of thiophene rings is 3. The topological polar surface area (TPSA) is 0 Å². The summed E-state index contributed by atoms with van der Waals surface area (Å²) in [5, 5.41) is 0. The highest BCUT2D eigenvalue weighted by molar-refractivity contribution is 7.38. The summed E-state index contributed by atoms with van der Waals surface area (Å²) in [7, 11) is 0. The summed E-state index contributed by atoms with van der Waals surface area (Å²) in [4.78, 5) is 3.04. The zero-order valence-corrected chi connectivity index (χ0v) is 14.8. The van der Waals surface area contributed by atoms with Crippen LogP contribution in [0.5, 0.6) is 0 Å². The van der Waals surface area contributed by atoms with Gasteiger partial charge in [0, 0.05) is 19.2 Å². The Morgan fingerprint density at radius 1 is 0.800 bits per heavy atom. The minimum Gasteiger partial charge on any atom is -0.138 e. The summed E-state index contributed by atoms with van der Waals surface area (Å²) in [6.45, 7) is 4.50. The predicted molar refractivity (Wildman–Crippen MR) is 96.9 cm³/mol. The molecule has 0 aliphatic heterocycles. The third-order valence-electron chi connectivity index (χ3n) is 3.77. The van der Waals surface area contributed by atoms with Crippen LogP contribution >= 0.6 is 34.0 Å². The summed E-state index contributed by atoms with van der Waals surface area (Å²) in [5.74, 6) is 0. The Balaban J connectivity index is 1.61. The molecule has 3 rings (SSSR count). The summed E-state index contributed by atoms with van der Waals surface area (Å²) in [6.07, 6.45) is 9.64. The Morgan fingerprint density at radius 3 is 2.35 bits per heavy atom. The van der Waals surface area contributed by atoms with E-state index in [0.717, 1.165) is 0 Å². The van der Waals surface area contributed by atoms with Crippen LogP contribution in [0.3, 0.4) is 0 Å². The second-order valence-electron chi connectivity index (χ2n) is 5.58. The predicted octanol–water partition coefficient (Wildman–Crippen LogP) is 7.39. The molecular formula is C17H22S3. The van der Waals surface area contributed by atoms with Crippen LogP contribution in [0.4, 0.5) is 0 Å². The highest BCUT2D eigenvalue weighted by Crippen LogP contribution is 2.43. The van der Waals surface area contributed by atoms with Gasteiger partial charge in [-0.1, -0.05) is 39.0 Å². The maximum absolute atomic E-state index is 2.44. The highest BCUT2D eigenvalue weighted by Gasteiger charge is 2.11. The van der Waals surface area contributed by atoms with E-state index in [9.17, 15) is 0 Å². The maximum atomic E-state index is 2.44. The van der Waals surface area contributed by atoms with Gasteiger partial charge in [-0.3, -0.25) is 0 Å². The third-order valence-corrected chi connectivity index (χ3v) is 7.52. The van der Waals surface area contributed by atoms with Gasteiger partial charge in [0.1, 0.15) is 0 Å². The fourth-order valence-corrected chi connectivity index (χ4v) is 6.70. The van der Waals surface area contributed by atoms with Crippen LogP contribution in [0, 0.1) is 6.92 Å². The monoisotopic (exact) mass is 322 g/mol. The van der Waals surface area contributed by atoms with E-state index >= 15 is 0 Å². The van der Waals surface area contributed by atoms with E-state index in [1.807, 2.05) is 34.0 Å². The minimum atomic E-state index is 1.28. The number of unbranched alkanes of at least 4 members (excludes halogenated alkanes) is 5. The van der Waals surface area contributed by atoms with Crippen molar-refractivity contribution in [3.8, 4) is 0 Å². The Morgan fingerprint density at radius 2 is 1.50 bits per heavy atom. The molecule has 0 aromatic carbocycles. The fraction of sp³-hybridized carbons (Fsp3) is 0.529. The average Bonchev–Trinajstić information content (AvgIpc) is 3.04. The average molecular weight is 323 g/mol. The summed E-state index contributed by atoms with van der Waals surface area (Å²) >= 11 is 5.97. The Kier molecular flexibility index (Phi) is 4.79. The van der Waals surface area contributed by atoms with Crippen LogP contribution in [-0.2, 0) is 6.42 Å². The van der Waals surface area contributed by atoms with E-state index in [-0.39, 0.29) is 0 Å². The third kappa shape index (κ3) is 3.10. The molecular weight excluding hydrogens is 300 g/mol. The molecule has 0 spiro atoms. The summed E-state index contributed by atoms with van der Waals surface area (Å²) in [6, 6.07) is 4.78. The molecule has 20 heavy (non-hydrogen) atoms. The van der Waals surface area contributed by atoms with Gasteiger partial charge in [0.05, 0.1) is 9.40 Å². The lowest BCUT2D eigenvalue weighted by Crippen LogP contribution is -1.82. The van der Waals surface area contributed by atoms with Crippen molar-refractivity contribution >= 4 is 52.8 Å². The molecule has 108 valence electrons. The van der Waals surface area contributed by atoms with Crippen molar-refractivity contribution in [3.05, 3.63) is 21.9 Å². The second kappa shape index (κ2) is 6.59. The van der Waals surface area contributed by atoms with Crippen molar-refractivity contribution in [1.82, 2.24) is 0 Å². The molecule has 0 saturated carbocycles. The normalized spacial score (nSPS) is 11.9. The van der Waals surface area contributed by atoms with Crippen LogP contribution in [0.2, 0.25) is 0 Å². The number of rotatable bonds is 7. The summed E-state index contributed by atoms with van der Waals surface area (Å²) < 4.78 is 6.07. The number of fused-ring (bicyclic) bond motifs is 3. The molecule has 0 N–H and O–H groups in total. The first-order chi connectivity index (χ1) is 9.78. The van der Waals surface area contributed by atoms with Gasteiger partial charge in [-0.15, -0.1) is 34.0 Å². The van der Waals surface area contributed by atoms with Gasteiger partial charge in [0.25, 0.3) is 0 Å². The molecule has 3 aromatic heterocycles.